The first kappa shape index (κ1) is 11.0. The van der Waals surface area contributed by atoms with Crippen molar-refractivity contribution < 1.29 is 9.84 Å². The Morgan fingerprint density at radius 2 is 2.19 bits per heavy atom. The van der Waals surface area contributed by atoms with Gasteiger partial charge in [0, 0.05) is 5.56 Å². The van der Waals surface area contributed by atoms with E-state index in [4.69, 9.17) is 10.00 Å². The van der Waals surface area contributed by atoms with Crippen LogP contribution in [0.5, 0.6) is 5.75 Å². The van der Waals surface area contributed by atoms with Gasteiger partial charge >= 0.3 is 0 Å². The predicted octanol–water partition coefficient (Wildman–Crippen LogP) is 2.19. The molecule has 1 unspecified atom stereocenters. The highest BCUT2D eigenvalue weighted by Gasteiger charge is 2.34. The number of nitrogens with zero attached hydrogens (tertiary/aromatic N) is 1. The molecule has 0 bridgehead atoms. The molecule has 1 aliphatic heterocycles. The maximum absolute atomic E-state index is 10.3. The Morgan fingerprint density at radius 1 is 1.44 bits per heavy atom. The van der Waals surface area contributed by atoms with Gasteiger partial charge < -0.3 is 9.84 Å². The highest BCUT2D eigenvalue weighted by Crippen LogP contribution is 2.38. The number of ether oxygens (including phenoxy) is 1. The Labute approximate surface area is 95.3 Å². The Hall–Kier alpha value is -1.53. The van der Waals surface area contributed by atoms with Gasteiger partial charge in [-0.15, -0.1) is 0 Å². The lowest BCUT2D eigenvalue weighted by atomic mass is 9.88. The van der Waals surface area contributed by atoms with Crippen molar-refractivity contribution in [2.75, 3.05) is 6.61 Å². The Morgan fingerprint density at radius 3 is 2.88 bits per heavy atom. The topological polar surface area (TPSA) is 53.2 Å². The molecule has 0 amide bonds. The molecule has 0 radical (unpaired) electrons. The summed E-state index contributed by atoms with van der Waals surface area (Å²) in [4.78, 5) is 0. The lowest BCUT2D eigenvalue weighted by molar-refractivity contribution is 0.0884. The van der Waals surface area contributed by atoms with Gasteiger partial charge in [-0.25, -0.2) is 0 Å². The largest absolute Gasteiger partial charge is 0.493 e. The molecule has 3 heteroatoms. The number of aryl methyl sites for hydroxylation is 1. The molecule has 0 spiro atoms. The van der Waals surface area contributed by atoms with Crippen LogP contribution in [-0.2, 0) is 5.60 Å². The molecule has 1 N–H and O–H groups in total. The Balaban J connectivity index is 2.65. The van der Waals surface area contributed by atoms with Crippen molar-refractivity contribution in [2.45, 2.75) is 32.3 Å². The summed E-state index contributed by atoms with van der Waals surface area (Å²) in [6.45, 7) is 4.51. The van der Waals surface area contributed by atoms with Crippen LogP contribution in [0, 0.1) is 25.2 Å². The fourth-order valence-electron chi connectivity index (χ4n) is 2.05. The molecular weight excluding hydrogens is 202 g/mol. The molecule has 1 aromatic rings. The van der Waals surface area contributed by atoms with Gasteiger partial charge in [0.1, 0.15) is 11.8 Å². The average Bonchev–Trinajstić information content (AvgIpc) is 2.45. The van der Waals surface area contributed by atoms with Gasteiger partial charge in [-0.1, -0.05) is 12.1 Å². The molecule has 0 saturated carbocycles. The van der Waals surface area contributed by atoms with Crippen LogP contribution < -0.4 is 4.74 Å². The van der Waals surface area contributed by atoms with Crippen molar-refractivity contribution in [3.63, 3.8) is 0 Å². The van der Waals surface area contributed by atoms with Crippen molar-refractivity contribution in [1.29, 1.82) is 5.26 Å². The Kier molecular flexibility index (Phi) is 2.61. The SMILES string of the molecule is Cc1ccc2c(c1C)OCCCC2(O)C#N. The molecule has 0 aliphatic carbocycles. The number of hydrogen-bond donors (Lipinski definition) is 1. The van der Waals surface area contributed by atoms with Crippen molar-refractivity contribution in [1.82, 2.24) is 0 Å². The van der Waals surface area contributed by atoms with Crippen LogP contribution in [0.1, 0.15) is 29.5 Å². The zero-order valence-corrected chi connectivity index (χ0v) is 9.58. The maximum atomic E-state index is 10.3. The fourth-order valence-corrected chi connectivity index (χ4v) is 2.05. The highest BCUT2D eigenvalue weighted by molar-refractivity contribution is 5.50. The standard InChI is InChI=1S/C13H15NO2/c1-9-4-5-11-12(10(9)2)16-7-3-6-13(11,15)8-14/h4-5,15H,3,6-7H2,1-2H3. The quantitative estimate of drug-likeness (QED) is 0.678. The van der Waals surface area contributed by atoms with E-state index in [1.807, 2.05) is 26.0 Å². The van der Waals surface area contributed by atoms with Crippen LogP contribution in [-0.4, -0.2) is 11.7 Å². The minimum atomic E-state index is -1.40. The molecule has 1 aliphatic rings. The molecule has 1 atom stereocenters. The molecule has 1 heterocycles. The van der Waals surface area contributed by atoms with Crippen LogP contribution in [0.15, 0.2) is 12.1 Å². The van der Waals surface area contributed by atoms with E-state index in [2.05, 4.69) is 0 Å². The first-order chi connectivity index (χ1) is 7.58. The third-order valence-corrected chi connectivity index (χ3v) is 3.24. The second kappa shape index (κ2) is 3.80. The third kappa shape index (κ3) is 1.56. The van der Waals surface area contributed by atoms with Crippen LogP contribution in [0.3, 0.4) is 0 Å². The summed E-state index contributed by atoms with van der Waals surface area (Å²) in [5.74, 6) is 0.682. The average molecular weight is 217 g/mol. The fraction of sp³-hybridized carbons (Fsp3) is 0.462. The van der Waals surface area contributed by atoms with Crippen LogP contribution in [0.25, 0.3) is 0 Å². The second-order valence-corrected chi connectivity index (χ2v) is 4.31. The number of benzene rings is 1. The van der Waals surface area contributed by atoms with Crippen LogP contribution in [0.2, 0.25) is 0 Å². The van der Waals surface area contributed by atoms with Crippen molar-refractivity contribution in [3.05, 3.63) is 28.8 Å². The monoisotopic (exact) mass is 217 g/mol. The third-order valence-electron chi connectivity index (χ3n) is 3.24. The normalized spacial score (nSPS) is 23.9. The summed E-state index contributed by atoms with van der Waals surface area (Å²) in [6.07, 6.45) is 1.12. The molecule has 84 valence electrons. The zero-order valence-electron chi connectivity index (χ0n) is 9.58. The molecule has 2 rings (SSSR count). The van der Waals surface area contributed by atoms with E-state index >= 15 is 0 Å². The first-order valence-corrected chi connectivity index (χ1v) is 5.45. The van der Waals surface area contributed by atoms with Crippen molar-refractivity contribution in [2.24, 2.45) is 0 Å². The van der Waals surface area contributed by atoms with E-state index in [1.165, 1.54) is 0 Å². The molecule has 0 fully saturated rings. The smallest absolute Gasteiger partial charge is 0.180 e. The summed E-state index contributed by atoms with van der Waals surface area (Å²) < 4.78 is 5.65. The van der Waals surface area contributed by atoms with Gasteiger partial charge in [-0.2, -0.15) is 5.26 Å². The number of rotatable bonds is 0. The lowest BCUT2D eigenvalue weighted by Gasteiger charge is -2.21. The van der Waals surface area contributed by atoms with Gasteiger partial charge in [0.2, 0.25) is 0 Å². The molecule has 1 aromatic carbocycles. The minimum absolute atomic E-state index is 0.430. The second-order valence-electron chi connectivity index (χ2n) is 4.31. The summed E-state index contributed by atoms with van der Waals surface area (Å²) in [6, 6.07) is 5.72. The number of nitriles is 1. The van der Waals surface area contributed by atoms with Crippen molar-refractivity contribution in [3.8, 4) is 11.8 Å². The van der Waals surface area contributed by atoms with Gasteiger partial charge in [0.05, 0.1) is 6.61 Å². The summed E-state index contributed by atoms with van der Waals surface area (Å²) in [5, 5.41) is 19.4. The predicted molar refractivity (Wildman–Crippen MR) is 60.2 cm³/mol. The molecule has 3 nitrogen and oxygen atoms in total. The summed E-state index contributed by atoms with van der Waals surface area (Å²) >= 11 is 0. The summed E-state index contributed by atoms with van der Waals surface area (Å²) in [5.41, 5.74) is 1.33. The van der Waals surface area contributed by atoms with Crippen LogP contribution in [0.4, 0.5) is 0 Å². The molecule has 0 saturated heterocycles. The minimum Gasteiger partial charge on any atom is -0.493 e. The van der Waals surface area contributed by atoms with Crippen LogP contribution >= 0.6 is 0 Å². The number of hydrogen-bond acceptors (Lipinski definition) is 3. The lowest BCUT2D eigenvalue weighted by Crippen LogP contribution is -2.22. The van der Waals surface area contributed by atoms with E-state index in [0.29, 0.717) is 30.8 Å². The highest BCUT2D eigenvalue weighted by atomic mass is 16.5. The van der Waals surface area contributed by atoms with Gasteiger partial charge in [-0.3, -0.25) is 0 Å². The summed E-state index contributed by atoms with van der Waals surface area (Å²) in [7, 11) is 0. The van der Waals surface area contributed by atoms with Crippen molar-refractivity contribution >= 4 is 0 Å². The van der Waals surface area contributed by atoms with E-state index < -0.39 is 5.60 Å². The maximum Gasteiger partial charge on any atom is 0.180 e. The zero-order chi connectivity index (χ0) is 11.8. The van der Waals surface area contributed by atoms with Gasteiger partial charge in [-0.05, 0) is 37.8 Å². The Bertz CT molecular complexity index is 462. The van der Waals surface area contributed by atoms with E-state index in [0.717, 1.165) is 11.1 Å². The number of aliphatic hydroxyl groups is 1. The van der Waals surface area contributed by atoms with Gasteiger partial charge in [0.25, 0.3) is 0 Å². The molecular formula is C13H15NO2. The van der Waals surface area contributed by atoms with E-state index in [1.54, 1.807) is 6.07 Å². The molecule has 16 heavy (non-hydrogen) atoms. The van der Waals surface area contributed by atoms with Gasteiger partial charge in [0.15, 0.2) is 5.60 Å². The number of fused-ring (bicyclic) bond motifs is 1. The van der Waals surface area contributed by atoms with E-state index in [9.17, 15) is 5.11 Å². The van der Waals surface area contributed by atoms with E-state index in [-0.39, 0.29) is 0 Å². The molecule has 0 aromatic heterocycles. The first-order valence-electron chi connectivity index (χ1n) is 5.45.